The fourth-order valence-electron chi connectivity index (χ4n) is 3.65. The van der Waals surface area contributed by atoms with Gasteiger partial charge in [-0.1, -0.05) is 72.1 Å². The van der Waals surface area contributed by atoms with E-state index in [1.54, 1.807) is 0 Å². The van der Waals surface area contributed by atoms with E-state index < -0.39 is 0 Å². The van der Waals surface area contributed by atoms with Crippen molar-refractivity contribution in [2.24, 2.45) is 17.8 Å². The highest BCUT2D eigenvalue weighted by molar-refractivity contribution is 5.81. The van der Waals surface area contributed by atoms with Crippen molar-refractivity contribution >= 4 is 5.78 Å². The molecule has 3 unspecified atom stereocenters. The molecule has 0 bridgehead atoms. The first-order valence-corrected chi connectivity index (χ1v) is 9.67. The molecule has 1 heteroatoms. The van der Waals surface area contributed by atoms with Crippen LogP contribution in [0.2, 0.25) is 0 Å². The third-order valence-electron chi connectivity index (χ3n) is 5.58. The van der Waals surface area contributed by atoms with Gasteiger partial charge in [-0.05, 0) is 37.5 Å². The summed E-state index contributed by atoms with van der Waals surface area (Å²) in [6, 6.07) is 0. The van der Waals surface area contributed by atoms with Crippen molar-refractivity contribution in [1.82, 2.24) is 0 Å². The fourth-order valence-corrected chi connectivity index (χ4v) is 3.65. The minimum atomic E-state index is 0.394. The molecule has 0 aromatic rings. The highest BCUT2D eigenvalue weighted by Crippen LogP contribution is 2.34. The molecule has 0 N–H and O–H groups in total. The lowest BCUT2D eigenvalue weighted by molar-refractivity contribution is -0.124. The van der Waals surface area contributed by atoms with Gasteiger partial charge in [0.15, 0.2) is 0 Å². The Balaban J connectivity index is 1.96. The Labute approximate surface area is 133 Å². The molecule has 3 atom stereocenters. The van der Waals surface area contributed by atoms with E-state index in [0.29, 0.717) is 11.7 Å². The quantitative estimate of drug-likeness (QED) is 0.395. The summed E-state index contributed by atoms with van der Waals surface area (Å²) in [4.78, 5) is 12.3. The number of rotatable bonds is 11. The smallest absolute Gasteiger partial charge is 0.135 e. The van der Waals surface area contributed by atoms with Crippen LogP contribution in [-0.4, -0.2) is 5.78 Å². The van der Waals surface area contributed by atoms with E-state index in [1.807, 2.05) is 0 Å². The Morgan fingerprint density at radius 3 is 1.95 bits per heavy atom. The maximum Gasteiger partial charge on any atom is 0.135 e. The van der Waals surface area contributed by atoms with Crippen LogP contribution in [0.5, 0.6) is 0 Å². The van der Waals surface area contributed by atoms with Gasteiger partial charge in [-0.2, -0.15) is 0 Å². The van der Waals surface area contributed by atoms with Crippen LogP contribution in [0, 0.1) is 17.8 Å². The van der Waals surface area contributed by atoms with E-state index >= 15 is 0 Å². The van der Waals surface area contributed by atoms with Crippen molar-refractivity contribution in [1.29, 1.82) is 0 Å². The van der Waals surface area contributed by atoms with Gasteiger partial charge in [-0.25, -0.2) is 0 Å². The molecule has 0 heterocycles. The van der Waals surface area contributed by atoms with Gasteiger partial charge in [-0.3, -0.25) is 4.79 Å². The SMILES string of the molecule is CCCCCCCCCCCC(=O)C1CCC(C)C(C)C1. The Hall–Kier alpha value is -0.330. The second-order valence-electron chi connectivity index (χ2n) is 7.51. The molecule has 1 saturated carbocycles. The predicted octanol–water partition coefficient (Wildman–Crippen LogP) is 6.55. The van der Waals surface area contributed by atoms with Gasteiger partial charge in [0.2, 0.25) is 0 Å². The van der Waals surface area contributed by atoms with Crippen LogP contribution in [0.25, 0.3) is 0 Å². The van der Waals surface area contributed by atoms with Crippen molar-refractivity contribution < 1.29 is 4.79 Å². The molecule has 1 nitrogen and oxygen atoms in total. The van der Waals surface area contributed by atoms with E-state index in [1.165, 1.54) is 57.8 Å². The Bertz CT molecular complexity index is 271. The predicted molar refractivity (Wildman–Crippen MR) is 92.5 cm³/mol. The van der Waals surface area contributed by atoms with Gasteiger partial charge in [0.25, 0.3) is 0 Å². The average Bonchev–Trinajstić information content (AvgIpc) is 2.48. The summed E-state index contributed by atoms with van der Waals surface area (Å²) in [6.07, 6.45) is 16.5. The summed E-state index contributed by atoms with van der Waals surface area (Å²) < 4.78 is 0. The third-order valence-corrected chi connectivity index (χ3v) is 5.58. The van der Waals surface area contributed by atoms with E-state index in [0.717, 1.165) is 37.5 Å². The topological polar surface area (TPSA) is 17.1 Å². The average molecular weight is 295 g/mol. The van der Waals surface area contributed by atoms with Gasteiger partial charge < -0.3 is 0 Å². The van der Waals surface area contributed by atoms with Crippen molar-refractivity contribution in [3.05, 3.63) is 0 Å². The van der Waals surface area contributed by atoms with Crippen LogP contribution < -0.4 is 0 Å². The monoisotopic (exact) mass is 294 g/mol. The molecule has 0 aliphatic heterocycles. The van der Waals surface area contributed by atoms with E-state index in [-0.39, 0.29) is 0 Å². The Morgan fingerprint density at radius 2 is 1.38 bits per heavy atom. The molecule has 1 aliphatic rings. The molecule has 1 rings (SSSR count). The minimum absolute atomic E-state index is 0.394. The summed E-state index contributed by atoms with van der Waals surface area (Å²) >= 11 is 0. The summed E-state index contributed by atoms with van der Waals surface area (Å²) in [5.41, 5.74) is 0. The lowest BCUT2D eigenvalue weighted by Crippen LogP contribution is -2.26. The second-order valence-corrected chi connectivity index (χ2v) is 7.51. The van der Waals surface area contributed by atoms with Crippen LogP contribution in [0.15, 0.2) is 0 Å². The first-order chi connectivity index (χ1) is 10.1. The number of carbonyl (C=O) groups excluding carboxylic acids is 1. The highest BCUT2D eigenvalue weighted by atomic mass is 16.1. The number of ketones is 1. The van der Waals surface area contributed by atoms with Crippen LogP contribution in [0.1, 0.15) is 104 Å². The van der Waals surface area contributed by atoms with Crippen LogP contribution in [0.4, 0.5) is 0 Å². The van der Waals surface area contributed by atoms with E-state index in [4.69, 9.17) is 0 Å². The molecular weight excluding hydrogens is 256 g/mol. The first kappa shape index (κ1) is 18.7. The third kappa shape index (κ3) is 8.02. The van der Waals surface area contributed by atoms with Crippen molar-refractivity contribution in [3.63, 3.8) is 0 Å². The molecule has 0 saturated heterocycles. The normalized spacial score (nSPS) is 26.0. The van der Waals surface area contributed by atoms with Gasteiger partial charge in [0.1, 0.15) is 5.78 Å². The largest absolute Gasteiger partial charge is 0.299 e. The zero-order valence-electron chi connectivity index (χ0n) is 14.8. The highest BCUT2D eigenvalue weighted by Gasteiger charge is 2.28. The fraction of sp³-hybridized carbons (Fsp3) is 0.950. The van der Waals surface area contributed by atoms with Crippen LogP contribution >= 0.6 is 0 Å². The lowest BCUT2D eigenvalue weighted by Gasteiger charge is -2.31. The maximum atomic E-state index is 12.3. The number of hydrogen-bond donors (Lipinski definition) is 0. The Morgan fingerprint density at radius 1 is 0.810 bits per heavy atom. The minimum Gasteiger partial charge on any atom is -0.299 e. The molecule has 124 valence electrons. The summed E-state index contributed by atoms with van der Waals surface area (Å²) in [7, 11) is 0. The van der Waals surface area contributed by atoms with E-state index in [9.17, 15) is 4.79 Å². The first-order valence-electron chi connectivity index (χ1n) is 9.67. The lowest BCUT2D eigenvalue weighted by atomic mass is 9.74. The second kappa shape index (κ2) is 11.3. The molecule has 0 radical (unpaired) electrons. The summed E-state index contributed by atoms with van der Waals surface area (Å²) in [6.45, 7) is 6.93. The molecule has 0 aromatic carbocycles. The Kier molecular flexibility index (Phi) is 10.0. The maximum absolute atomic E-state index is 12.3. The molecule has 1 fully saturated rings. The standard InChI is InChI=1S/C20H38O/c1-4-5-6-7-8-9-10-11-12-13-20(21)19-15-14-17(2)18(3)16-19/h17-19H,4-16H2,1-3H3. The molecule has 1 aliphatic carbocycles. The van der Waals surface area contributed by atoms with Gasteiger partial charge >= 0.3 is 0 Å². The van der Waals surface area contributed by atoms with E-state index in [2.05, 4.69) is 20.8 Å². The molecular formula is C20H38O. The summed E-state index contributed by atoms with van der Waals surface area (Å²) in [5.74, 6) is 2.53. The zero-order chi connectivity index (χ0) is 15.5. The number of Topliss-reactive ketones (excluding diaryl/α,β-unsaturated/α-hetero) is 1. The molecule has 0 amide bonds. The van der Waals surface area contributed by atoms with Gasteiger partial charge in [-0.15, -0.1) is 0 Å². The van der Waals surface area contributed by atoms with Crippen molar-refractivity contribution in [2.45, 2.75) is 104 Å². The van der Waals surface area contributed by atoms with Crippen molar-refractivity contribution in [3.8, 4) is 0 Å². The number of carbonyl (C=O) groups is 1. The van der Waals surface area contributed by atoms with Gasteiger partial charge in [0, 0.05) is 12.3 Å². The van der Waals surface area contributed by atoms with Crippen LogP contribution in [0.3, 0.4) is 0 Å². The molecule has 0 spiro atoms. The number of hydrogen-bond acceptors (Lipinski definition) is 1. The molecule has 0 aromatic heterocycles. The van der Waals surface area contributed by atoms with Crippen LogP contribution in [-0.2, 0) is 4.79 Å². The van der Waals surface area contributed by atoms with Crippen molar-refractivity contribution in [2.75, 3.05) is 0 Å². The van der Waals surface area contributed by atoms with Gasteiger partial charge in [0.05, 0.1) is 0 Å². The zero-order valence-corrected chi connectivity index (χ0v) is 14.8. The summed E-state index contributed by atoms with van der Waals surface area (Å²) in [5, 5.41) is 0. The number of unbranched alkanes of at least 4 members (excludes halogenated alkanes) is 8. The molecule has 21 heavy (non-hydrogen) atoms.